The van der Waals surface area contributed by atoms with Crippen LogP contribution in [-0.2, 0) is 10.0 Å². The molecule has 1 rings (SSSR count). The van der Waals surface area contributed by atoms with Crippen molar-refractivity contribution < 1.29 is 17.9 Å². The van der Waals surface area contributed by atoms with Gasteiger partial charge in [0.2, 0.25) is 10.0 Å². The van der Waals surface area contributed by atoms with Crippen LogP contribution in [0.4, 0.5) is 0 Å². The Kier molecular flexibility index (Phi) is 7.34. The summed E-state index contributed by atoms with van der Waals surface area (Å²) in [5.41, 5.74) is 0.514. The maximum atomic E-state index is 12.0. The molecular weight excluding hydrogens is 304 g/mol. The van der Waals surface area contributed by atoms with Crippen molar-refractivity contribution in [2.75, 3.05) is 33.0 Å². The largest absolute Gasteiger partial charge is 0.497 e. The number of unbranched alkanes of at least 4 members (excludes halogenated alkanes) is 1. The Labute approximate surface area is 132 Å². The highest BCUT2D eigenvalue weighted by Gasteiger charge is 2.15. The lowest BCUT2D eigenvalue weighted by Crippen LogP contribution is -2.38. The van der Waals surface area contributed by atoms with Crippen molar-refractivity contribution in [3.63, 3.8) is 0 Å². The van der Waals surface area contributed by atoms with Gasteiger partial charge in [-0.05, 0) is 30.7 Å². The van der Waals surface area contributed by atoms with Gasteiger partial charge in [0.1, 0.15) is 5.75 Å². The Bertz CT molecular complexity index is 570. The Morgan fingerprint density at radius 3 is 2.36 bits per heavy atom. The fraction of sp³-hybridized carbons (Fsp3) is 0.533. The summed E-state index contributed by atoms with van der Waals surface area (Å²) >= 11 is 0. The van der Waals surface area contributed by atoms with Gasteiger partial charge in [0.25, 0.3) is 5.91 Å². The van der Waals surface area contributed by atoms with Crippen LogP contribution in [0.1, 0.15) is 30.1 Å². The molecule has 1 aromatic carbocycles. The van der Waals surface area contributed by atoms with Gasteiger partial charge in [0, 0.05) is 25.2 Å². The van der Waals surface area contributed by atoms with Crippen LogP contribution in [0.3, 0.4) is 0 Å². The molecule has 0 heterocycles. The first-order valence-corrected chi connectivity index (χ1v) is 9.10. The third kappa shape index (κ3) is 6.03. The van der Waals surface area contributed by atoms with Crippen LogP contribution in [-0.4, -0.2) is 51.6 Å². The predicted molar refractivity (Wildman–Crippen MR) is 86.7 cm³/mol. The minimum atomic E-state index is -3.24. The molecule has 0 spiro atoms. The van der Waals surface area contributed by atoms with Gasteiger partial charge in [-0.1, -0.05) is 13.3 Å². The molecule has 1 amide bonds. The number of nitrogens with one attached hydrogen (secondary N) is 1. The van der Waals surface area contributed by atoms with Crippen molar-refractivity contribution >= 4 is 15.9 Å². The SMILES string of the molecule is CCCCN(CCNC(=O)c1ccc(OC)cc1)S(C)(=O)=O. The van der Waals surface area contributed by atoms with E-state index in [1.807, 2.05) is 6.92 Å². The summed E-state index contributed by atoms with van der Waals surface area (Å²) in [6.45, 7) is 3.04. The average molecular weight is 328 g/mol. The van der Waals surface area contributed by atoms with E-state index < -0.39 is 10.0 Å². The molecule has 0 radical (unpaired) electrons. The number of methoxy groups -OCH3 is 1. The zero-order valence-electron chi connectivity index (χ0n) is 13.3. The number of amides is 1. The van der Waals surface area contributed by atoms with Gasteiger partial charge in [-0.15, -0.1) is 0 Å². The van der Waals surface area contributed by atoms with Crippen LogP contribution >= 0.6 is 0 Å². The molecule has 0 unspecified atom stereocenters. The minimum Gasteiger partial charge on any atom is -0.497 e. The molecule has 22 heavy (non-hydrogen) atoms. The molecule has 0 saturated heterocycles. The second-order valence-corrected chi connectivity index (χ2v) is 6.98. The highest BCUT2D eigenvalue weighted by molar-refractivity contribution is 7.88. The smallest absolute Gasteiger partial charge is 0.251 e. The first kappa shape index (κ1) is 18.4. The summed E-state index contributed by atoms with van der Waals surface area (Å²) in [5.74, 6) is 0.450. The summed E-state index contributed by atoms with van der Waals surface area (Å²) in [5, 5.41) is 2.73. The molecule has 0 fully saturated rings. The highest BCUT2D eigenvalue weighted by Crippen LogP contribution is 2.11. The Hall–Kier alpha value is -1.60. The van der Waals surface area contributed by atoms with E-state index in [2.05, 4.69) is 5.32 Å². The average Bonchev–Trinajstić information content (AvgIpc) is 2.49. The number of ether oxygens (including phenoxy) is 1. The first-order valence-electron chi connectivity index (χ1n) is 7.26. The number of benzene rings is 1. The van der Waals surface area contributed by atoms with Crippen molar-refractivity contribution in [2.24, 2.45) is 0 Å². The molecule has 1 aromatic rings. The van der Waals surface area contributed by atoms with Gasteiger partial charge in [-0.2, -0.15) is 0 Å². The summed E-state index contributed by atoms with van der Waals surface area (Å²) in [6.07, 6.45) is 2.91. The molecule has 0 aliphatic rings. The van der Waals surface area contributed by atoms with Crippen molar-refractivity contribution in [1.82, 2.24) is 9.62 Å². The molecule has 7 heteroatoms. The second kappa shape index (κ2) is 8.75. The van der Waals surface area contributed by atoms with Crippen molar-refractivity contribution in [3.8, 4) is 5.75 Å². The van der Waals surface area contributed by atoms with E-state index in [0.29, 0.717) is 17.9 Å². The van der Waals surface area contributed by atoms with Gasteiger partial charge in [0.05, 0.1) is 13.4 Å². The molecule has 0 bridgehead atoms. The lowest BCUT2D eigenvalue weighted by atomic mass is 10.2. The van der Waals surface area contributed by atoms with Crippen LogP contribution in [0.25, 0.3) is 0 Å². The third-order valence-corrected chi connectivity index (χ3v) is 4.53. The highest BCUT2D eigenvalue weighted by atomic mass is 32.2. The summed E-state index contributed by atoms with van der Waals surface area (Å²) in [7, 11) is -1.68. The Balaban J connectivity index is 2.51. The van der Waals surface area contributed by atoms with Crippen LogP contribution < -0.4 is 10.1 Å². The van der Waals surface area contributed by atoms with Crippen LogP contribution in [0.5, 0.6) is 5.75 Å². The fourth-order valence-electron chi connectivity index (χ4n) is 1.92. The maximum absolute atomic E-state index is 12.0. The number of hydrogen-bond donors (Lipinski definition) is 1. The van der Waals surface area contributed by atoms with E-state index in [4.69, 9.17) is 4.74 Å². The first-order chi connectivity index (χ1) is 10.4. The van der Waals surface area contributed by atoms with Crippen LogP contribution in [0, 0.1) is 0 Å². The molecule has 1 N–H and O–H groups in total. The predicted octanol–water partition coefficient (Wildman–Crippen LogP) is 1.49. The zero-order chi connectivity index (χ0) is 16.6. The standard InChI is InChI=1S/C15H24N2O4S/c1-4-5-11-17(22(3,19)20)12-10-16-15(18)13-6-8-14(21-2)9-7-13/h6-9H,4-5,10-12H2,1-3H3,(H,16,18). The molecule has 124 valence electrons. The van der Waals surface area contributed by atoms with Crippen LogP contribution in [0.2, 0.25) is 0 Å². The molecule has 0 aromatic heterocycles. The van der Waals surface area contributed by atoms with Crippen molar-refractivity contribution in [2.45, 2.75) is 19.8 Å². The summed E-state index contributed by atoms with van der Waals surface area (Å²) in [4.78, 5) is 12.0. The molecule has 6 nitrogen and oxygen atoms in total. The normalized spacial score (nSPS) is 11.5. The number of rotatable bonds is 9. The lowest BCUT2D eigenvalue weighted by Gasteiger charge is -2.19. The molecule has 0 aliphatic carbocycles. The van der Waals surface area contributed by atoms with Gasteiger partial charge < -0.3 is 10.1 Å². The maximum Gasteiger partial charge on any atom is 0.251 e. The lowest BCUT2D eigenvalue weighted by molar-refractivity contribution is 0.0951. The monoisotopic (exact) mass is 328 g/mol. The van der Waals surface area contributed by atoms with Gasteiger partial charge in [-0.3, -0.25) is 4.79 Å². The Morgan fingerprint density at radius 2 is 1.86 bits per heavy atom. The molecular formula is C15H24N2O4S. The van der Waals surface area contributed by atoms with Gasteiger partial charge in [-0.25, -0.2) is 12.7 Å². The van der Waals surface area contributed by atoms with Crippen molar-refractivity contribution in [3.05, 3.63) is 29.8 Å². The quantitative estimate of drug-likeness (QED) is 0.745. The fourth-order valence-corrected chi connectivity index (χ4v) is 2.80. The van der Waals surface area contributed by atoms with Gasteiger partial charge in [0.15, 0.2) is 0 Å². The zero-order valence-corrected chi connectivity index (χ0v) is 14.1. The second-order valence-electron chi connectivity index (χ2n) is 5.00. The van der Waals surface area contributed by atoms with E-state index in [1.54, 1.807) is 31.4 Å². The number of sulfonamides is 1. The van der Waals surface area contributed by atoms with E-state index in [9.17, 15) is 13.2 Å². The molecule has 0 saturated carbocycles. The van der Waals surface area contributed by atoms with Crippen molar-refractivity contribution in [1.29, 1.82) is 0 Å². The van der Waals surface area contributed by atoms with Crippen LogP contribution in [0.15, 0.2) is 24.3 Å². The van der Waals surface area contributed by atoms with E-state index in [1.165, 1.54) is 10.6 Å². The Morgan fingerprint density at radius 1 is 1.23 bits per heavy atom. The number of nitrogens with zero attached hydrogens (tertiary/aromatic N) is 1. The molecule has 0 aliphatic heterocycles. The molecule has 0 atom stereocenters. The number of hydrogen-bond acceptors (Lipinski definition) is 4. The van der Waals surface area contributed by atoms with Gasteiger partial charge >= 0.3 is 0 Å². The topological polar surface area (TPSA) is 75.7 Å². The summed E-state index contributed by atoms with van der Waals surface area (Å²) in [6, 6.07) is 6.75. The van der Waals surface area contributed by atoms with E-state index in [0.717, 1.165) is 12.8 Å². The third-order valence-electron chi connectivity index (χ3n) is 3.23. The van der Waals surface area contributed by atoms with E-state index in [-0.39, 0.29) is 19.0 Å². The number of carbonyl (C=O) groups excluding carboxylic acids is 1. The summed E-state index contributed by atoms with van der Waals surface area (Å²) < 4.78 is 29.7. The minimum absolute atomic E-state index is 0.230. The van der Waals surface area contributed by atoms with E-state index >= 15 is 0 Å². The number of carbonyl (C=O) groups is 1.